The summed E-state index contributed by atoms with van der Waals surface area (Å²) in [7, 11) is 1.68. The Bertz CT molecular complexity index is 922. The van der Waals surface area contributed by atoms with E-state index < -0.39 is 0 Å². The summed E-state index contributed by atoms with van der Waals surface area (Å²) in [5.74, 6) is 1.31. The Hall–Kier alpha value is -2.99. The molecule has 0 bridgehead atoms. The lowest BCUT2D eigenvalue weighted by Crippen LogP contribution is -2.40. The van der Waals surface area contributed by atoms with Crippen LogP contribution in [0.25, 0.3) is 11.3 Å². The molecule has 3 aromatic rings. The van der Waals surface area contributed by atoms with Crippen LogP contribution in [-0.4, -0.2) is 37.1 Å². The molecular formula is C23H24FN3O2. The number of rotatable bonds is 6. The highest BCUT2D eigenvalue weighted by Gasteiger charge is 2.34. The second-order valence-electron chi connectivity index (χ2n) is 7.29. The van der Waals surface area contributed by atoms with Crippen LogP contribution in [0.15, 0.2) is 60.7 Å². The van der Waals surface area contributed by atoms with Gasteiger partial charge in [0.05, 0.1) is 12.8 Å². The predicted octanol–water partition coefficient (Wildman–Crippen LogP) is 4.45. The second kappa shape index (κ2) is 8.57. The fraction of sp³-hybridized carbons (Fsp3) is 0.304. The molecule has 6 heteroatoms. The van der Waals surface area contributed by atoms with Crippen molar-refractivity contribution >= 4 is 5.82 Å². The van der Waals surface area contributed by atoms with Crippen molar-refractivity contribution in [1.82, 2.24) is 10.2 Å². The van der Waals surface area contributed by atoms with E-state index in [1.54, 1.807) is 19.2 Å². The summed E-state index contributed by atoms with van der Waals surface area (Å²) in [5.41, 5.74) is 2.79. The van der Waals surface area contributed by atoms with Gasteiger partial charge < -0.3 is 14.8 Å². The SMILES string of the molecule is COc1ccc(C2(CNc3ccc(-c4ccc(F)cc4)nn3)CCOCC2)cc1. The summed E-state index contributed by atoms with van der Waals surface area (Å²) in [6, 6.07) is 18.3. The van der Waals surface area contributed by atoms with Crippen LogP contribution in [-0.2, 0) is 10.2 Å². The molecule has 0 radical (unpaired) electrons. The molecule has 1 aromatic heterocycles. The quantitative estimate of drug-likeness (QED) is 0.670. The highest BCUT2D eigenvalue weighted by Crippen LogP contribution is 2.36. The van der Waals surface area contributed by atoms with Crippen LogP contribution in [0.3, 0.4) is 0 Å². The summed E-state index contributed by atoms with van der Waals surface area (Å²) < 4.78 is 24.0. The Morgan fingerprint density at radius 2 is 1.69 bits per heavy atom. The third-order valence-electron chi connectivity index (χ3n) is 5.56. The molecule has 0 unspecified atom stereocenters. The lowest BCUT2D eigenvalue weighted by atomic mass is 9.74. The average molecular weight is 393 g/mol. The number of benzene rings is 2. The van der Waals surface area contributed by atoms with Gasteiger partial charge >= 0.3 is 0 Å². The number of hydrogen-bond donors (Lipinski definition) is 1. The zero-order valence-corrected chi connectivity index (χ0v) is 16.4. The van der Waals surface area contributed by atoms with Gasteiger partial charge in [-0.1, -0.05) is 12.1 Å². The van der Waals surface area contributed by atoms with Crippen molar-refractivity contribution in [2.45, 2.75) is 18.3 Å². The maximum atomic E-state index is 13.1. The van der Waals surface area contributed by atoms with Gasteiger partial charge in [0.2, 0.25) is 0 Å². The van der Waals surface area contributed by atoms with Crippen LogP contribution < -0.4 is 10.1 Å². The molecule has 0 saturated carbocycles. The number of methoxy groups -OCH3 is 1. The minimum absolute atomic E-state index is 0.0260. The number of hydrogen-bond acceptors (Lipinski definition) is 5. The molecule has 0 atom stereocenters. The molecule has 1 aliphatic heterocycles. The summed E-state index contributed by atoms with van der Waals surface area (Å²) in [6.45, 7) is 2.22. The minimum atomic E-state index is -0.264. The minimum Gasteiger partial charge on any atom is -0.497 e. The first kappa shape index (κ1) is 19.3. The van der Waals surface area contributed by atoms with Crippen molar-refractivity contribution in [2.75, 3.05) is 32.2 Å². The first-order valence-corrected chi connectivity index (χ1v) is 9.74. The molecule has 2 heterocycles. The van der Waals surface area contributed by atoms with Crippen LogP contribution in [0, 0.1) is 5.82 Å². The number of nitrogens with zero attached hydrogens (tertiary/aromatic N) is 2. The Morgan fingerprint density at radius 1 is 0.966 bits per heavy atom. The van der Waals surface area contributed by atoms with Gasteiger partial charge in [-0.3, -0.25) is 0 Å². The molecule has 1 fully saturated rings. The molecule has 29 heavy (non-hydrogen) atoms. The van der Waals surface area contributed by atoms with E-state index in [0.29, 0.717) is 5.69 Å². The van der Waals surface area contributed by atoms with Crippen molar-refractivity contribution in [3.8, 4) is 17.0 Å². The molecule has 0 aliphatic carbocycles. The van der Waals surface area contributed by atoms with Gasteiger partial charge in [0.1, 0.15) is 17.4 Å². The van der Waals surface area contributed by atoms with E-state index in [9.17, 15) is 4.39 Å². The van der Waals surface area contributed by atoms with Crippen molar-refractivity contribution < 1.29 is 13.9 Å². The number of halogens is 1. The summed E-state index contributed by atoms with van der Waals surface area (Å²) in [5, 5.41) is 12.0. The van der Waals surface area contributed by atoms with Crippen molar-refractivity contribution in [2.24, 2.45) is 0 Å². The zero-order valence-electron chi connectivity index (χ0n) is 16.4. The van der Waals surface area contributed by atoms with Gasteiger partial charge in [-0.2, -0.15) is 0 Å². The van der Waals surface area contributed by atoms with E-state index >= 15 is 0 Å². The van der Waals surface area contributed by atoms with Crippen LogP contribution in [0.4, 0.5) is 10.2 Å². The van der Waals surface area contributed by atoms with E-state index in [1.165, 1.54) is 17.7 Å². The van der Waals surface area contributed by atoms with E-state index in [4.69, 9.17) is 9.47 Å². The normalized spacial score (nSPS) is 15.7. The molecule has 1 saturated heterocycles. The van der Waals surface area contributed by atoms with E-state index in [0.717, 1.165) is 49.7 Å². The summed E-state index contributed by atoms with van der Waals surface area (Å²) >= 11 is 0. The van der Waals surface area contributed by atoms with Gasteiger partial charge in [0, 0.05) is 30.7 Å². The van der Waals surface area contributed by atoms with Gasteiger partial charge in [-0.25, -0.2) is 4.39 Å². The number of aromatic nitrogens is 2. The smallest absolute Gasteiger partial charge is 0.148 e. The molecule has 0 amide bonds. The van der Waals surface area contributed by atoms with E-state index in [2.05, 4.69) is 27.6 Å². The van der Waals surface area contributed by atoms with Crippen molar-refractivity contribution in [3.05, 3.63) is 72.0 Å². The number of anilines is 1. The third kappa shape index (κ3) is 4.38. The molecule has 4 rings (SSSR count). The zero-order chi connectivity index (χ0) is 20.1. The third-order valence-corrected chi connectivity index (χ3v) is 5.56. The first-order valence-electron chi connectivity index (χ1n) is 9.74. The van der Waals surface area contributed by atoms with Crippen LogP contribution >= 0.6 is 0 Å². The topological polar surface area (TPSA) is 56.3 Å². The molecule has 150 valence electrons. The van der Waals surface area contributed by atoms with Crippen molar-refractivity contribution in [3.63, 3.8) is 0 Å². The Kier molecular flexibility index (Phi) is 5.71. The van der Waals surface area contributed by atoms with E-state index in [-0.39, 0.29) is 11.2 Å². The molecular weight excluding hydrogens is 369 g/mol. The fourth-order valence-electron chi connectivity index (χ4n) is 3.74. The van der Waals surface area contributed by atoms with Gasteiger partial charge in [0.15, 0.2) is 0 Å². The maximum Gasteiger partial charge on any atom is 0.148 e. The number of nitrogens with one attached hydrogen (secondary N) is 1. The van der Waals surface area contributed by atoms with Crippen LogP contribution in [0.1, 0.15) is 18.4 Å². The highest BCUT2D eigenvalue weighted by molar-refractivity contribution is 5.59. The molecule has 1 aliphatic rings. The molecule has 5 nitrogen and oxygen atoms in total. The monoisotopic (exact) mass is 393 g/mol. The largest absolute Gasteiger partial charge is 0.497 e. The lowest BCUT2D eigenvalue weighted by molar-refractivity contribution is 0.0543. The van der Waals surface area contributed by atoms with E-state index in [1.807, 2.05) is 24.3 Å². The fourth-order valence-corrected chi connectivity index (χ4v) is 3.74. The molecule has 1 N–H and O–H groups in total. The standard InChI is InChI=1S/C23H24FN3O2/c1-28-20-8-4-18(5-9-20)23(12-14-29-15-13-23)16-25-22-11-10-21(26-27-22)17-2-6-19(24)7-3-17/h2-11H,12-16H2,1H3,(H,25,27). The van der Waals surface area contributed by atoms with Gasteiger partial charge in [0.25, 0.3) is 0 Å². The summed E-state index contributed by atoms with van der Waals surface area (Å²) in [4.78, 5) is 0. The summed E-state index contributed by atoms with van der Waals surface area (Å²) in [6.07, 6.45) is 1.88. The predicted molar refractivity (Wildman–Crippen MR) is 111 cm³/mol. The number of ether oxygens (including phenoxy) is 2. The second-order valence-corrected chi connectivity index (χ2v) is 7.29. The molecule has 2 aromatic carbocycles. The Balaban J connectivity index is 1.49. The molecule has 0 spiro atoms. The van der Waals surface area contributed by atoms with Crippen LogP contribution in [0.2, 0.25) is 0 Å². The average Bonchev–Trinajstić information content (AvgIpc) is 2.79. The van der Waals surface area contributed by atoms with Crippen LogP contribution in [0.5, 0.6) is 5.75 Å². The van der Waals surface area contributed by atoms with Gasteiger partial charge in [-0.05, 0) is 66.9 Å². The maximum absolute atomic E-state index is 13.1. The first-order chi connectivity index (χ1) is 14.2. The Morgan fingerprint density at radius 3 is 2.31 bits per heavy atom. The van der Waals surface area contributed by atoms with Gasteiger partial charge in [-0.15, -0.1) is 10.2 Å². The Labute approximate surface area is 169 Å². The highest BCUT2D eigenvalue weighted by atomic mass is 19.1. The van der Waals surface area contributed by atoms with Crippen molar-refractivity contribution in [1.29, 1.82) is 0 Å². The lowest BCUT2D eigenvalue weighted by Gasteiger charge is -2.38.